The quantitative estimate of drug-likeness (QED) is 0.856. The van der Waals surface area contributed by atoms with Crippen molar-refractivity contribution in [1.82, 2.24) is 9.78 Å². The van der Waals surface area contributed by atoms with Gasteiger partial charge in [0.1, 0.15) is 5.82 Å². The molecule has 0 aliphatic heterocycles. The highest BCUT2D eigenvalue weighted by Gasteiger charge is 2.05. The Bertz CT molecular complexity index is 521. The smallest absolute Gasteiger partial charge is 0.141 e. The van der Waals surface area contributed by atoms with Gasteiger partial charge in [-0.25, -0.2) is 4.68 Å². The molecular weight excluding hydrogens is 256 g/mol. The van der Waals surface area contributed by atoms with Crippen LogP contribution in [0.2, 0.25) is 0 Å². The van der Waals surface area contributed by atoms with E-state index in [4.69, 9.17) is 11.0 Å². The second-order valence-corrected chi connectivity index (χ2v) is 3.80. The molecule has 5 heteroatoms. The molecule has 1 aromatic carbocycles. The highest BCUT2D eigenvalue weighted by atomic mass is 79.9. The number of halogens is 1. The maximum Gasteiger partial charge on any atom is 0.141 e. The van der Waals surface area contributed by atoms with Gasteiger partial charge in [0.15, 0.2) is 0 Å². The topological polar surface area (TPSA) is 67.6 Å². The number of rotatable bonds is 1. The van der Waals surface area contributed by atoms with Crippen molar-refractivity contribution in [2.75, 3.05) is 5.73 Å². The van der Waals surface area contributed by atoms with E-state index in [2.05, 4.69) is 27.1 Å². The van der Waals surface area contributed by atoms with Crippen LogP contribution >= 0.6 is 15.9 Å². The van der Waals surface area contributed by atoms with Crippen molar-refractivity contribution >= 4 is 21.7 Å². The lowest BCUT2D eigenvalue weighted by molar-refractivity contribution is 0.891. The number of benzene rings is 1. The summed E-state index contributed by atoms with van der Waals surface area (Å²) in [5, 5.41) is 12.8. The summed E-state index contributed by atoms with van der Waals surface area (Å²) in [6.07, 6.45) is 1.63. The van der Waals surface area contributed by atoms with Crippen LogP contribution in [0.1, 0.15) is 5.56 Å². The largest absolute Gasteiger partial charge is 0.383 e. The lowest BCUT2D eigenvalue weighted by Gasteiger charge is -2.03. The van der Waals surface area contributed by atoms with Crippen LogP contribution in [-0.2, 0) is 0 Å². The van der Waals surface area contributed by atoms with E-state index < -0.39 is 0 Å². The fourth-order valence-corrected chi connectivity index (χ4v) is 1.48. The Kier molecular flexibility index (Phi) is 2.44. The van der Waals surface area contributed by atoms with E-state index in [0.29, 0.717) is 11.4 Å². The van der Waals surface area contributed by atoms with Gasteiger partial charge < -0.3 is 5.73 Å². The van der Waals surface area contributed by atoms with Crippen LogP contribution in [0, 0.1) is 11.3 Å². The molecule has 0 saturated heterocycles. The highest BCUT2D eigenvalue weighted by Crippen LogP contribution is 2.21. The van der Waals surface area contributed by atoms with Crippen molar-refractivity contribution in [2.45, 2.75) is 0 Å². The van der Waals surface area contributed by atoms with Gasteiger partial charge in [0.25, 0.3) is 0 Å². The van der Waals surface area contributed by atoms with Crippen molar-refractivity contribution in [3.8, 4) is 11.8 Å². The van der Waals surface area contributed by atoms with Gasteiger partial charge in [-0.05, 0) is 40.2 Å². The number of hydrogen-bond acceptors (Lipinski definition) is 3. The van der Waals surface area contributed by atoms with Gasteiger partial charge in [0.2, 0.25) is 0 Å². The predicted molar refractivity (Wildman–Crippen MR) is 60.4 cm³/mol. The van der Waals surface area contributed by atoms with E-state index in [9.17, 15) is 0 Å². The molecule has 15 heavy (non-hydrogen) atoms. The number of aromatic nitrogens is 2. The molecule has 2 N–H and O–H groups in total. The third kappa shape index (κ3) is 1.72. The zero-order chi connectivity index (χ0) is 10.8. The molecule has 4 nitrogen and oxygen atoms in total. The molecule has 0 aliphatic carbocycles. The Morgan fingerprint density at radius 2 is 2.00 bits per heavy atom. The molecule has 0 spiro atoms. The summed E-state index contributed by atoms with van der Waals surface area (Å²) < 4.78 is 2.36. The summed E-state index contributed by atoms with van der Waals surface area (Å²) in [7, 11) is 0. The van der Waals surface area contributed by atoms with E-state index in [-0.39, 0.29) is 0 Å². The summed E-state index contributed by atoms with van der Waals surface area (Å²) in [5.41, 5.74) is 7.24. The third-order valence-electron chi connectivity index (χ3n) is 2.00. The zero-order valence-corrected chi connectivity index (χ0v) is 9.27. The van der Waals surface area contributed by atoms with Gasteiger partial charge in [-0.15, -0.1) is 0 Å². The van der Waals surface area contributed by atoms with Crippen LogP contribution in [0.3, 0.4) is 0 Å². The first-order valence-electron chi connectivity index (χ1n) is 4.22. The first-order valence-corrected chi connectivity index (χ1v) is 5.01. The number of nitrogens with zero attached hydrogens (tertiary/aromatic N) is 3. The molecule has 0 radical (unpaired) electrons. The highest BCUT2D eigenvalue weighted by molar-refractivity contribution is 9.10. The molecule has 0 fully saturated rings. The van der Waals surface area contributed by atoms with Crippen molar-refractivity contribution in [3.63, 3.8) is 0 Å². The molecule has 0 saturated carbocycles. The Labute approximate surface area is 95.1 Å². The summed E-state index contributed by atoms with van der Waals surface area (Å²) in [6.45, 7) is 0. The lowest BCUT2D eigenvalue weighted by Crippen LogP contribution is -2.01. The molecule has 1 aromatic heterocycles. The van der Waals surface area contributed by atoms with Crippen LogP contribution in [0.25, 0.3) is 5.69 Å². The minimum Gasteiger partial charge on any atom is -0.383 e. The fraction of sp³-hybridized carbons (Fsp3) is 0. The average molecular weight is 263 g/mol. The van der Waals surface area contributed by atoms with E-state index in [1.807, 2.05) is 0 Å². The monoisotopic (exact) mass is 262 g/mol. The van der Waals surface area contributed by atoms with Gasteiger partial charge in [-0.1, -0.05) is 0 Å². The number of anilines is 1. The Morgan fingerprint density at radius 1 is 1.33 bits per heavy atom. The molecule has 0 atom stereocenters. The molecule has 0 amide bonds. The molecule has 2 rings (SSSR count). The van der Waals surface area contributed by atoms with Crippen LogP contribution in [-0.4, -0.2) is 9.78 Å². The normalized spacial score (nSPS) is 9.87. The zero-order valence-electron chi connectivity index (χ0n) is 7.68. The third-order valence-corrected chi connectivity index (χ3v) is 2.61. The van der Waals surface area contributed by atoms with Gasteiger partial charge >= 0.3 is 0 Å². The van der Waals surface area contributed by atoms with Crippen molar-refractivity contribution in [3.05, 3.63) is 40.5 Å². The Hall–Kier alpha value is -1.80. The van der Waals surface area contributed by atoms with E-state index in [1.165, 1.54) is 0 Å². The summed E-state index contributed by atoms with van der Waals surface area (Å²) >= 11 is 3.28. The van der Waals surface area contributed by atoms with Gasteiger partial charge in [0, 0.05) is 0 Å². The average Bonchev–Trinajstić information content (AvgIpc) is 2.60. The molecule has 2 aromatic rings. The van der Waals surface area contributed by atoms with Crippen molar-refractivity contribution in [2.24, 2.45) is 0 Å². The minimum absolute atomic E-state index is 0.541. The maximum absolute atomic E-state index is 8.65. The van der Waals surface area contributed by atoms with Gasteiger partial charge in [0.05, 0.1) is 28.0 Å². The second kappa shape index (κ2) is 3.75. The number of hydrogen-bond donors (Lipinski definition) is 1. The molecule has 0 aliphatic rings. The first kappa shape index (κ1) is 9.74. The molecule has 1 heterocycles. The second-order valence-electron chi connectivity index (χ2n) is 2.95. The standard InChI is InChI=1S/C10H7BrN4/c11-9-6-14-15(10(9)13)8-3-1-7(5-12)2-4-8/h1-4,6H,13H2. The van der Waals surface area contributed by atoms with E-state index in [1.54, 1.807) is 35.1 Å². The van der Waals surface area contributed by atoms with E-state index in [0.717, 1.165) is 10.2 Å². The number of nitriles is 1. The van der Waals surface area contributed by atoms with Gasteiger partial charge in [-0.3, -0.25) is 0 Å². The minimum atomic E-state index is 0.541. The van der Waals surface area contributed by atoms with E-state index >= 15 is 0 Å². The van der Waals surface area contributed by atoms with Crippen LogP contribution < -0.4 is 5.73 Å². The molecule has 74 valence electrons. The number of nitrogen functional groups attached to an aromatic ring is 1. The molecule has 0 bridgehead atoms. The summed E-state index contributed by atoms with van der Waals surface area (Å²) in [4.78, 5) is 0. The SMILES string of the molecule is N#Cc1ccc(-n2ncc(Br)c2N)cc1. The Balaban J connectivity index is 2.47. The van der Waals surface area contributed by atoms with Crippen molar-refractivity contribution in [1.29, 1.82) is 5.26 Å². The van der Waals surface area contributed by atoms with Crippen LogP contribution in [0.4, 0.5) is 5.82 Å². The molecule has 0 unspecified atom stereocenters. The molecular formula is C10H7BrN4. The van der Waals surface area contributed by atoms with Crippen LogP contribution in [0.5, 0.6) is 0 Å². The summed E-state index contributed by atoms with van der Waals surface area (Å²) in [6, 6.07) is 9.11. The Morgan fingerprint density at radius 3 is 2.47 bits per heavy atom. The maximum atomic E-state index is 8.65. The number of nitrogens with two attached hydrogens (primary N) is 1. The lowest BCUT2D eigenvalue weighted by atomic mass is 10.2. The van der Waals surface area contributed by atoms with Gasteiger partial charge in [-0.2, -0.15) is 10.4 Å². The van der Waals surface area contributed by atoms with Crippen molar-refractivity contribution < 1.29 is 0 Å². The predicted octanol–water partition coefficient (Wildman–Crippen LogP) is 2.09. The fourth-order valence-electron chi connectivity index (χ4n) is 1.22. The summed E-state index contributed by atoms with van der Waals surface area (Å²) in [5.74, 6) is 0.541. The van der Waals surface area contributed by atoms with Crippen LogP contribution in [0.15, 0.2) is 34.9 Å². The first-order chi connectivity index (χ1) is 7.22.